The SMILES string of the molecule is C=CCN(CC(=O)O)C(C)C(=O)N(C)C. The monoisotopic (exact) mass is 214 g/mol. The first kappa shape index (κ1) is 13.6. The van der Waals surface area contributed by atoms with Gasteiger partial charge in [-0.3, -0.25) is 14.5 Å². The van der Waals surface area contributed by atoms with E-state index in [1.807, 2.05) is 0 Å². The molecule has 1 N–H and O–H groups in total. The molecule has 0 rings (SSSR count). The Morgan fingerprint density at radius 2 is 2.00 bits per heavy atom. The van der Waals surface area contributed by atoms with Gasteiger partial charge in [0.1, 0.15) is 0 Å². The summed E-state index contributed by atoms with van der Waals surface area (Å²) in [5.74, 6) is -1.06. The van der Waals surface area contributed by atoms with Crippen LogP contribution in [0.2, 0.25) is 0 Å². The summed E-state index contributed by atoms with van der Waals surface area (Å²) in [6.45, 7) is 5.45. The number of hydrogen-bond acceptors (Lipinski definition) is 3. The maximum absolute atomic E-state index is 11.6. The Hall–Kier alpha value is -1.36. The van der Waals surface area contributed by atoms with Crippen LogP contribution in [-0.4, -0.2) is 60.0 Å². The number of carbonyl (C=O) groups excluding carboxylic acids is 1. The smallest absolute Gasteiger partial charge is 0.317 e. The summed E-state index contributed by atoms with van der Waals surface area (Å²) < 4.78 is 0. The number of amides is 1. The first-order valence-electron chi connectivity index (χ1n) is 4.68. The van der Waals surface area contributed by atoms with Crippen molar-refractivity contribution >= 4 is 11.9 Å². The second-order valence-electron chi connectivity index (χ2n) is 3.52. The van der Waals surface area contributed by atoms with Gasteiger partial charge >= 0.3 is 5.97 Å². The molecular formula is C10H18N2O3. The maximum Gasteiger partial charge on any atom is 0.317 e. The Labute approximate surface area is 90.0 Å². The van der Waals surface area contributed by atoms with Gasteiger partial charge in [0.15, 0.2) is 0 Å². The van der Waals surface area contributed by atoms with Crippen molar-refractivity contribution < 1.29 is 14.7 Å². The molecule has 0 radical (unpaired) electrons. The molecule has 86 valence electrons. The topological polar surface area (TPSA) is 60.9 Å². The highest BCUT2D eigenvalue weighted by Gasteiger charge is 2.23. The predicted octanol–water partition coefficient (Wildman–Crippen LogP) is 0.0357. The third-order valence-corrected chi connectivity index (χ3v) is 2.05. The Kier molecular flexibility index (Phi) is 5.62. The fourth-order valence-electron chi connectivity index (χ4n) is 1.23. The fourth-order valence-corrected chi connectivity index (χ4v) is 1.23. The van der Waals surface area contributed by atoms with Crippen LogP contribution in [0.3, 0.4) is 0 Å². The number of rotatable bonds is 6. The van der Waals surface area contributed by atoms with E-state index >= 15 is 0 Å². The largest absolute Gasteiger partial charge is 0.480 e. The van der Waals surface area contributed by atoms with E-state index in [4.69, 9.17) is 5.11 Å². The fraction of sp³-hybridized carbons (Fsp3) is 0.600. The lowest BCUT2D eigenvalue weighted by Crippen LogP contribution is -2.46. The lowest BCUT2D eigenvalue weighted by molar-refractivity contribution is -0.141. The third-order valence-electron chi connectivity index (χ3n) is 2.05. The summed E-state index contributed by atoms with van der Waals surface area (Å²) in [6.07, 6.45) is 1.59. The molecule has 1 amide bonds. The van der Waals surface area contributed by atoms with Crippen LogP contribution in [0, 0.1) is 0 Å². The maximum atomic E-state index is 11.6. The molecule has 0 saturated carbocycles. The van der Waals surface area contributed by atoms with Gasteiger partial charge in [0.05, 0.1) is 12.6 Å². The molecule has 0 spiro atoms. The standard InChI is InChI=1S/C10H18N2O3/c1-5-6-12(7-9(13)14)8(2)10(15)11(3)4/h5,8H,1,6-7H2,2-4H3,(H,13,14). The van der Waals surface area contributed by atoms with Gasteiger partial charge in [0.2, 0.25) is 5.91 Å². The number of carboxylic acid groups (broad SMARTS) is 1. The minimum absolute atomic E-state index is 0.113. The lowest BCUT2D eigenvalue weighted by atomic mass is 10.2. The Morgan fingerprint density at radius 1 is 1.47 bits per heavy atom. The molecule has 1 unspecified atom stereocenters. The zero-order chi connectivity index (χ0) is 12.0. The van der Waals surface area contributed by atoms with Gasteiger partial charge in [0.25, 0.3) is 0 Å². The van der Waals surface area contributed by atoms with Crippen molar-refractivity contribution in [2.45, 2.75) is 13.0 Å². The second kappa shape index (κ2) is 6.19. The number of aliphatic carboxylic acids is 1. The normalized spacial score (nSPS) is 12.3. The number of carbonyl (C=O) groups is 2. The summed E-state index contributed by atoms with van der Waals surface area (Å²) >= 11 is 0. The van der Waals surface area contributed by atoms with Crippen LogP contribution in [0.1, 0.15) is 6.92 Å². The minimum Gasteiger partial charge on any atom is -0.480 e. The first-order valence-corrected chi connectivity index (χ1v) is 4.68. The molecule has 0 aliphatic carbocycles. The highest BCUT2D eigenvalue weighted by atomic mass is 16.4. The van der Waals surface area contributed by atoms with E-state index in [9.17, 15) is 9.59 Å². The number of nitrogens with zero attached hydrogens (tertiary/aromatic N) is 2. The molecule has 5 heteroatoms. The van der Waals surface area contributed by atoms with Crippen molar-refractivity contribution in [1.82, 2.24) is 9.80 Å². The van der Waals surface area contributed by atoms with E-state index in [1.54, 1.807) is 32.0 Å². The molecule has 1 atom stereocenters. The van der Waals surface area contributed by atoms with Gasteiger partial charge in [-0.2, -0.15) is 0 Å². The van der Waals surface area contributed by atoms with E-state index in [0.29, 0.717) is 6.54 Å². The van der Waals surface area contributed by atoms with Crippen LogP contribution in [-0.2, 0) is 9.59 Å². The third kappa shape index (κ3) is 4.60. The molecule has 0 aliphatic heterocycles. The predicted molar refractivity (Wildman–Crippen MR) is 57.6 cm³/mol. The van der Waals surface area contributed by atoms with Crippen molar-refractivity contribution in [1.29, 1.82) is 0 Å². The van der Waals surface area contributed by atoms with Gasteiger partial charge in [-0.25, -0.2) is 0 Å². The summed E-state index contributed by atoms with van der Waals surface area (Å²) in [4.78, 5) is 25.2. The summed E-state index contributed by atoms with van der Waals surface area (Å²) in [7, 11) is 3.29. The molecule has 15 heavy (non-hydrogen) atoms. The molecule has 0 aromatic carbocycles. The van der Waals surface area contributed by atoms with Crippen molar-refractivity contribution in [2.24, 2.45) is 0 Å². The van der Waals surface area contributed by atoms with Crippen LogP contribution in [0.15, 0.2) is 12.7 Å². The van der Waals surface area contributed by atoms with E-state index in [0.717, 1.165) is 0 Å². The van der Waals surface area contributed by atoms with Crippen molar-refractivity contribution in [3.05, 3.63) is 12.7 Å². The van der Waals surface area contributed by atoms with E-state index in [2.05, 4.69) is 6.58 Å². The molecule has 0 bridgehead atoms. The summed E-state index contributed by atoms with van der Waals surface area (Å²) in [5, 5.41) is 8.68. The summed E-state index contributed by atoms with van der Waals surface area (Å²) in [5.41, 5.74) is 0. The quantitative estimate of drug-likeness (QED) is 0.634. The zero-order valence-electron chi connectivity index (χ0n) is 9.43. The molecule has 0 saturated heterocycles. The van der Waals surface area contributed by atoms with Gasteiger partial charge in [-0.15, -0.1) is 6.58 Å². The molecular weight excluding hydrogens is 196 g/mol. The van der Waals surface area contributed by atoms with E-state index in [-0.39, 0.29) is 12.5 Å². The number of hydrogen-bond donors (Lipinski definition) is 1. The van der Waals surface area contributed by atoms with Crippen LogP contribution in [0.4, 0.5) is 0 Å². The van der Waals surface area contributed by atoms with Gasteiger partial charge in [-0.05, 0) is 6.92 Å². The molecule has 0 fully saturated rings. The molecule has 0 heterocycles. The zero-order valence-corrected chi connectivity index (χ0v) is 9.43. The van der Waals surface area contributed by atoms with Crippen LogP contribution < -0.4 is 0 Å². The van der Waals surface area contributed by atoms with Crippen molar-refractivity contribution in [3.8, 4) is 0 Å². The Morgan fingerprint density at radius 3 is 2.33 bits per heavy atom. The van der Waals surface area contributed by atoms with Gasteiger partial charge in [-0.1, -0.05) is 6.08 Å². The van der Waals surface area contributed by atoms with Crippen molar-refractivity contribution in [3.63, 3.8) is 0 Å². The van der Waals surface area contributed by atoms with Crippen LogP contribution in [0.5, 0.6) is 0 Å². The highest BCUT2D eigenvalue weighted by Crippen LogP contribution is 2.02. The summed E-state index contributed by atoms with van der Waals surface area (Å²) in [6, 6.07) is -0.450. The van der Waals surface area contributed by atoms with E-state index in [1.165, 1.54) is 4.90 Å². The minimum atomic E-state index is -0.949. The molecule has 0 aromatic rings. The van der Waals surface area contributed by atoms with Crippen molar-refractivity contribution in [2.75, 3.05) is 27.2 Å². The number of carboxylic acids is 1. The Bertz CT molecular complexity index is 251. The van der Waals surface area contributed by atoms with Gasteiger partial charge in [0, 0.05) is 20.6 Å². The van der Waals surface area contributed by atoms with Gasteiger partial charge < -0.3 is 10.0 Å². The average molecular weight is 214 g/mol. The number of likely N-dealkylation sites (N-methyl/N-ethyl adjacent to an activating group) is 1. The average Bonchev–Trinajstić information content (AvgIpc) is 2.14. The lowest BCUT2D eigenvalue weighted by Gasteiger charge is -2.27. The van der Waals surface area contributed by atoms with Crippen LogP contribution >= 0.6 is 0 Å². The van der Waals surface area contributed by atoms with Crippen LogP contribution in [0.25, 0.3) is 0 Å². The second-order valence-corrected chi connectivity index (χ2v) is 3.52. The van der Waals surface area contributed by atoms with E-state index < -0.39 is 12.0 Å². The molecule has 0 aromatic heterocycles. The Balaban J connectivity index is 4.53. The first-order chi connectivity index (χ1) is 6.90. The molecule has 5 nitrogen and oxygen atoms in total. The highest BCUT2D eigenvalue weighted by molar-refractivity contribution is 5.81. The molecule has 0 aliphatic rings.